The largest absolute Gasteiger partial charge is 0.380 e. The molecule has 0 radical (unpaired) electrons. The summed E-state index contributed by atoms with van der Waals surface area (Å²) in [5, 5.41) is 3.50. The lowest BCUT2D eigenvalue weighted by Gasteiger charge is -2.40. The zero-order valence-corrected chi connectivity index (χ0v) is 11.3. The zero-order chi connectivity index (χ0) is 11.9. The lowest BCUT2D eigenvalue weighted by Crippen LogP contribution is -2.57. The fourth-order valence-corrected chi connectivity index (χ4v) is 1.42. The number of hydrogen-bond donors (Lipinski definition) is 1. The minimum Gasteiger partial charge on any atom is -0.380 e. The average molecular weight is 216 g/mol. The van der Waals surface area contributed by atoms with Crippen molar-refractivity contribution in [2.75, 3.05) is 33.9 Å². The molecule has 0 saturated carbocycles. The Morgan fingerprint density at radius 1 is 1.27 bits per heavy atom. The minimum atomic E-state index is 0.115. The Balaban J connectivity index is 4.23. The Morgan fingerprint density at radius 3 is 2.27 bits per heavy atom. The Labute approximate surface area is 95.2 Å². The van der Waals surface area contributed by atoms with Crippen LogP contribution in [0.2, 0.25) is 0 Å². The molecule has 0 aromatic heterocycles. The minimum absolute atomic E-state index is 0.115. The predicted octanol–water partition coefficient (Wildman–Crippen LogP) is 1.73. The van der Waals surface area contributed by atoms with Crippen LogP contribution in [0.25, 0.3) is 0 Å². The normalized spacial score (nSPS) is 14.6. The second kappa shape index (κ2) is 7.20. The molecular formula is C12H28N2O. The van der Waals surface area contributed by atoms with Crippen LogP contribution in [0.15, 0.2) is 0 Å². The van der Waals surface area contributed by atoms with E-state index < -0.39 is 0 Å². The molecule has 0 aliphatic carbocycles. The molecule has 1 unspecified atom stereocenters. The van der Waals surface area contributed by atoms with Gasteiger partial charge >= 0.3 is 0 Å². The summed E-state index contributed by atoms with van der Waals surface area (Å²) < 4.78 is 5.64. The molecule has 0 aliphatic heterocycles. The third-order valence-corrected chi connectivity index (χ3v) is 3.09. The van der Waals surface area contributed by atoms with Crippen LogP contribution in [0.1, 0.15) is 34.1 Å². The van der Waals surface area contributed by atoms with Crippen LogP contribution < -0.4 is 5.32 Å². The van der Waals surface area contributed by atoms with Crippen LogP contribution in [0.5, 0.6) is 0 Å². The second-order valence-electron chi connectivity index (χ2n) is 4.73. The third kappa shape index (κ3) is 4.96. The van der Waals surface area contributed by atoms with Gasteiger partial charge in [0.2, 0.25) is 0 Å². The number of nitrogens with one attached hydrogen (secondary N) is 1. The van der Waals surface area contributed by atoms with E-state index in [4.69, 9.17) is 4.74 Å². The molecule has 0 spiro atoms. The van der Waals surface area contributed by atoms with Crippen molar-refractivity contribution in [3.63, 3.8) is 0 Å². The van der Waals surface area contributed by atoms with E-state index in [1.165, 1.54) is 0 Å². The molecule has 0 saturated heterocycles. The summed E-state index contributed by atoms with van der Waals surface area (Å²) in [6.45, 7) is 11.4. The van der Waals surface area contributed by atoms with Crippen molar-refractivity contribution in [3.8, 4) is 0 Å². The van der Waals surface area contributed by atoms with Gasteiger partial charge in [-0.2, -0.15) is 0 Å². The molecule has 15 heavy (non-hydrogen) atoms. The summed E-state index contributed by atoms with van der Waals surface area (Å²) in [6, 6.07) is 0.379. The van der Waals surface area contributed by atoms with E-state index in [0.29, 0.717) is 6.04 Å². The van der Waals surface area contributed by atoms with Crippen LogP contribution in [-0.4, -0.2) is 50.3 Å². The first-order valence-corrected chi connectivity index (χ1v) is 5.95. The highest BCUT2D eigenvalue weighted by molar-refractivity contribution is 4.91. The van der Waals surface area contributed by atoms with E-state index in [0.717, 1.165) is 26.2 Å². The van der Waals surface area contributed by atoms with Crippen LogP contribution >= 0.6 is 0 Å². The van der Waals surface area contributed by atoms with Crippen LogP contribution in [-0.2, 0) is 4.74 Å². The van der Waals surface area contributed by atoms with Gasteiger partial charge in [-0.3, -0.25) is 0 Å². The van der Waals surface area contributed by atoms with Crippen molar-refractivity contribution < 1.29 is 4.74 Å². The topological polar surface area (TPSA) is 24.5 Å². The fourth-order valence-electron chi connectivity index (χ4n) is 1.42. The summed E-state index contributed by atoms with van der Waals surface area (Å²) >= 11 is 0. The number of rotatable bonds is 8. The molecule has 0 aromatic carbocycles. The maximum absolute atomic E-state index is 5.64. The van der Waals surface area contributed by atoms with Crippen molar-refractivity contribution in [1.82, 2.24) is 10.2 Å². The lowest BCUT2D eigenvalue weighted by atomic mass is 9.93. The Morgan fingerprint density at radius 2 is 1.87 bits per heavy atom. The molecule has 0 heterocycles. The standard InChI is InChI=1S/C12H28N2O/c1-7-9-15-10-11(13-8-2)12(3,4)14(5)6/h11,13H,7-10H2,1-6H3. The number of ether oxygens (including phenoxy) is 1. The van der Waals surface area contributed by atoms with Gasteiger partial charge in [0, 0.05) is 18.2 Å². The molecule has 0 amide bonds. The van der Waals surface area contributed by atoms with Gasteiger partial charge in [-0.05, 0) is 40.9 Å². The molecule has 0 aliphatic rings. The molecule has 0 fully saturated rings. The lowest BCUT2D eigenvalue weighted by molar-refractivity contribution is 0.0490. The number of nitrogens with zero attached hydrogens (tertiary/aromatic N) is 1. The van der Waals surface area contributed by atoms with Gasteiger partial charge in [0.1, 0.15) is 0 Å². The van der Waals surface area contributed by atoms with Crippen molar-refractivity contribution in [1.29, 1.82) is 0 Å². The maximum Gasteiger partial charge on any atom is 0.0637 e. The Hall–Kier alpha value is -0.120. The van der Waals surface area contributed by atoms with E-state index in [-0.39, 0.29) is 5.54 Å². The van der Waals surface area contributed by atoms with Crippen molar-refractivity contribution >= 4 is 0 Å². The van der Waals surface area contributed by atoms with Gasteiger partial charge < -0.3 is 15.0 Å². The summed E-state index contributed by atoms with van der Waals surface area (Å²) in [5.74, 6) is 0. The Kier molecular flexibility index (Phi) is 7.14. The van der Waals surface area contributed by atoms with Crippen molar-refractivity contribution in [2.24, 2.45) is 0 Å². The predicted molar refractivity (Wildman–Crippen MR) is 66.3 cm³/mol. The van der Waals surface area contributed by atoms with Gasteiger partial charge in [0.25, 0.3) is 0 Å². The smallest absolute Gasteiger partial charge is 0.0637 e. The molecule has 0 bridgehead atoms. The summed E-state index contributed by atoms with van der Waals surface area (Å²) in [5.41, 5.74) is 0.115. The first kappa shape index (κ1) is 14.9. The van der Waals surface area contributed by atoms with E-state index in [1.807, 2.05) is 0 Å². The third-order valence-electron chi connectivity index (χ3n) is 3.09. The zero-order valence-electron chi connectivity index (χ0n) is 11.3. The van der Waals surface area contributed by atoms with Crippen molar-refractivity contribution in [3.05, 3.63) is 0 Å². The molecule has 0 rings (SSSR count). The summed E-state index contributed by atoms with van der Waals surface area (Å²) in [4.78, 5) is 2.25. The van der Waals surface area contributed by atoms with Crippen LogP contribution in [0, 0.1) is 0 Å². The van der Waals surface area contributed by atoms with Gasteiger partial charge in [0.15, 0.2) is 0 Å². The van der Waals surface area contributed by atoms with Gasteiger partial charge in [-0.1, -0.05) is 13.8 Å². The van der Waals surface area contributed by atoms with Crippen molar-refractivity contribution in [2.45, 2.75) is 45.7 Å². The molecule has 92 valence electrons. The molecule has 3 nitrogen and oxygen atoms in total. The van der Waals surface area contributed by atoms with Gasteiger partial charge in [-0.15, -0.1) is 0 Å². The molecular weight excluding hydrogens is 188 g/mol. The first-order chi connectivity index (χ1) is 6.96. The van der Waals surface area contributed by atoms with E-state index in [2.05, 4.69) is 52.0 Å². The molecule has 0 aromatic rings. The fraction of sp³-hybridized carbons (Fsp3) is 1.00. The quantitative estimate of drug-likeness (QED) is 0.625. The highest BCUT2D eigenvalue weighted by Crippen LogP contribution is 2.16. The molecule has 1 N–H and O–H groups in total. The highest BCUT2D eigenvalue weighted by atomic mass is 16.5. The second-order valence-corrected chi connectivity index (χ2v) is 4.73. The SMILES string of the molecule is CCCOCC(NCC)C(C)(C)N(C)C. The highest BCUT2D eigenvalue weighted by Gasteiger charge is 2.30. The number of likely N-dealkylation sites (N-methyl/N-ethyl adjacent to an activating group) is 2. The molecule has 3 heteroatoms. The summed E-state index contributed by atoms with van der Waals surface area (Å²) in [6.07, 6.45) is 1.08. The van der Waals surface area contributed by atoms with Gasteiger partial charge in [-0.25, -0.2) is 0 Å². The number of hydrogen-bond acceptors (Lipinski definition) is 3. The monoisotopic (exact) mass is 216 g/mol. The van der Waals surface area contributed by atoms with Crippen LogP contribution in [0.3, 0.4) is 0 Å². The first-order valence-electron chi connectivity index (χ1n) is 5.95. The average Bonchev–Trinajstić information content (AvgIpc) is 2.16. The van der Waals surface area contributed by atoms with Crippen LogP contribution in [0.4, 0.5) is 0 Å². The van der Waals surface area contributed by atoms with E-state index in [1.54, 1.807) is 0 Å². The molecule has 1 atom stereocenters. The maximum atomic E-state index is 5.64. The van der Waals surface area contributed by atoms with Gasteiger partial charge in [0.05, 0.1) is 6.61 Å². The Bertz CT molecular complexity index is 158. The van der Waals surface area contributed by atoms with E-state index >= 15 is 0 Å². The van der Waals surface area contributed by atoms with E-state index in [9.17, 15) is 0 Å². The summed E-state index contributed by atoms with van der Waals surface area (Å²) in [7, 11) is 4.23.